The monoisotopic (exact) mass is 250 g/mol. The molecular formula is C12H18N4O2. The molecule has 0 atom stereocenters. The highest BCUT2D eigenvalue weighted by molar-refractivity contribution is 6.05. The molecule has 1 heterocycles. The first-order chi connectivity index (χ1) is 8.48. The van der Waals surface area contributed by atoms with Crippen molar-refractivity contribution in [3.05, 3.63) is 30.1 Å². The third kappa shape index (κ3) is 3.44. The van der Waals surface area contributed by atoms with Gasteiger partial charge in [0, 0.05) is 24.9 Å². The molecule has 1 aromatic heterocycles. The van der Waals surface area contributed by atoms with Gasteiger partial charge in [-0.25, -0.2) is 0 Å². The number of rotatable bonds is 5. The molecule has 1 rings (SSSR count). The molecule has 1 amide bonds. The van der Waals surface area contributed by atoms with Crippen molar-refractivity contribution in [3.63, 3.8) is 0 Å². The van der Waals surface area contributed by atoms with Gasteiger partial charge in [0.25, 0.3) is 0 Å². The maximum absolute atomic E-state index is 11.9. The lowest BCUT2D eigenvalue weighted by Crippen LogP contribution is -2.46. The molecule has 0 unspecified atom stereocenters. The lowest BCUT2D eigenvalue weighted by atomic mass is 9.91. The van der Waals surface area contributed by atoms with Crippen LogP contribution in [-0.4, -0.2) is 28.5 Å². The number of amidine groups is 1. The number of amides is 1. The first-order valence-corrected chi connectivity index (χ1v) is 5.64. The molecule has 0 saturated heterocycles. The summed E-state index contributed by atoms with van der Waals surface area (Å²) >= 11 is 0. The number of pyridine rings is 1. The zero-order valence-corrected chi connectivity index (χ0v) is 10.6. The van der Waals surface area contributed by atoms with Crippen molar-refractivity contribution in [3.8, 4) is 0 Å². The van der Waals surface area contributed by atoms with Crippen LogP contribution >= 0.6 is 0 Å². The van der Waals surface area contributed by atoms with E-state index in [1.807, 2.05) is 18.2 Å². The van der Waals surface area contributed by atoms with Crippen LogP contribution in [0.2, 0.25) is 0 Å². The van der Waals surface area contributed by atoms with Gasteiger partial charge in [-0.2, -0.15) is 0 Å². The molecule has 18 heavy (non-hydrogen) atoms. The normalized spacial score (nSPS) is 12.2. The Morgan fingerprint density at radius 2 is 2.28 bits per heavy atom. The van der Waals surface area contributed by atoms with E-state index < -0.39 is 5.41 Å². The minimum absolute atomic E-state index is 0.113. The quantitative estimate of drug-likeness (QED) is 0.307. The van der Waals surface area contributed by atoms with Crippen molar-refractivity contribution in [2.75, 3.05) is 6.54 Å². The Morgan fingerprint density at radius 3 is 2.83 bits per heavy atom. The largest absolute Gasteiger partial charge is 0.409 e. The van der Waals surface area contributed by atoms with Crippen LogP contribution in [0.4, 0.5) is 0 Å². The summed E-state index contributed by atoms with van der Waals surface area (Å²) in [6.45, 7) is 3.65. The van der Waals surface area contributed by atoms with Gasteiger partial charge in [0.15, 0.2) is 5.84 Å². The predicted molar refractivity (Wildman–Crippen MR) is 68.1 cm³/mol. The third-order valence-corrected chi connectivity index (χ3v) is 2.71. The highest BCUT2D eigenvalue weighted by Crippen LogP contribution is 2.14. The number of hydrogen-bond donors (Lipinski definition) is 3. The molecule has 4 N–H and O–H groups in total. The van der Waals surface area contributed by atoms with Crippen LogP contribution in [-0.2, 0) is 11.2 Å². The molecule has 0 bridgehead atoms. The number of aromatic nitrogens is 1. The summed E-state index contributed by atoms with van der Waals surface area (Å²) in [7, 11) is 0. The number of carbonyl (C=O) groups excluding carboxylic acids is 1. The van der Waals surface area contributed by atoms with E-state index in [0.29, 0.717) is 13.0 Å². The van der Waals surface area contributed by atoms with Crippen molar-refractivity contribution in [1.82, 2.24) is 10.3 Å². The van der Waals surface area contributed by atoms with Crippen LogP contribution in [0.3, 0.4) is 0 Å². The second kappa shape index (κ2) is 6.00. The van der Waals surface area contributed by atoms with Crippen LogP contribution in [0.15, 0.2) is 29.6 Å². The predicted octanol–water partition coefficient (Wildman–Crippen LogP) is 0.513. The van der Waals surface area contributed by atoms with Crippen molar-refractivity contribution in [1.29, 1.82) is 0 Å². The average Bonchev–Trinajstić information content (AvgIpc) is 2.38. The Balaban J connectivity index is 2.47. The molecule has 0 aromatic carbocycles. The van der Waals surface area contributed by atoms with Gasteiger partial charge in [-0.3, -0.25) is 9.78 Å². The lowest BCUT2D eigenvalue weighted by Gasteiger charge is -2.21. The number of nitrogens with zero attached hydrogens (tertiary/aromatic N) is 2. The van der Waals surface area contributed by atoms with E-state index in [1.54, 1.807) is 20.0 Å². The molecular weight excluding hydrogens is 232 g/mol. The number of hydrogen-bond acceptors (Lipinski definition) is 4. The minimum atomic E-state index is -1.03. The highest BCUT2D eigenvalue weighted by atomic mass is 16.4. The summed E-state index contributed by atoms with van der Waals surface area (Å²) in [5.41, 5.74) is 5.33. The van der Waals surface area contributed by atoms with E-state index in [4.69, 9.17) is 10.9 Å². The van der Waals surface area contributed by atoms with Crippen LogP contribution in [0.1, 0.15) is 19.5 Å². The zero-order chi connectivity index (χ0) is 13.6. The van der Waals surface area contributed by atoms with Crippen molar-refractivity contribution >= 4 is 11.7 Å². The molecule has 0 spiro atoms. The summed E-state index contributed by atoms with van der Waals surface area (Å²) in [6, 6.07) is 5.62. The van der Waals surface area contributed by atoms with Gasteiger partial charge in [-0.15, -0.1) is 0 Å². The van der Waals surface area contributed by atoms with Gasteiger partial charge in [0.1, 0.15) is 5.41 Å². The first-order valence-electron chi connectivity index (χ1n) is 5.64. The third-order valence-electron chi connectivity index (χ3n) is 2.71. The first kappa shape index (κ1) is 14.0. The van der Waals surface area contributed by atoms with Gasteiger partial charge in [-0.05, 0) is 26.0 Å². The Morgan fingerprint density at radius 1 is 1.56 bits per heavy atom. The van der Waals surface area contributed by atoms with Gasteiger partial charge >= 0.3 is 0 Å². The van der Waals surface area contributed by atoms with Crippen molar-refractivity contribution in [2.45, 2.75) is 20.3 Å². The molecule has 0 aliphatic carbocycles. The van der Waals surface area contributed by atoms with Crippen molar-refractivity contribution < 1.29 is 10.0 Å². The maximum atomic E-state index is 11.9. The molecule has 6 nitrogen and oxygen atoms in total. The summed E-state index contributed by atoms with van der Waals surface area (Å²) in [5.74, 6) is -0.397. The molecule has 0 aliphatic heterocycles. The standard InChI is InChI=1S/C12H18N4O2/c1-12(2,10(13)16-18)11(17)15-8-6-9-5-3-4-7-14-9/h3-5,7,18H,6,8H2,1-2H3,(H2,13,16)(H,15,17). The molecule has 98 valence electrons. The van der Waals surface area contributed by atoms with Gasteiger partial charge in [-0.1, -0.05) is 11.2 Å². The Kier molecular flexibility index (Phi) is 4.65. The Hall–Kier alpha value is -2.11. The van der Waals surface area contributed by atoms with E-state index in [9.17, 15) is 4.79 Å². The molecule has 1 aromatic rings. The molecule has 6 heteroatoms. The summed E-state index contributed by atoms with van der Waals surface area (Å²) in [4.78, 5) is 16.0. The summed E-state index contributed by atoms with van der Waals surface area (Å²) in [6.07, 6.45) is 2.34. The van der Waals surface area contributed by atoms with Crippen LogP contribution in [0, 0.1) is 5.41 Å². The second-order valence-corrected chi connectivity index (χ2v) is 4.44. The van der Waals surface area contributed by atoms with Crippen LogP contribution in [0.25, 0.3) is 0 Å². The molecule has 0 saturated carbocycles. The molecule has 0 aliphatic rings. The fourth-order valence-electron chi connectivity index (χ4n) is 1.31. The summed E-state index contributed by atoms with van der Waals surface area (Å²) < 4.78 is 0. The number of nitrogens with one attached hydrogen (secondary N) is 1. The van der Waals surface area contributed by atoms with Gasteiger partial charge in [0.2, 0.25) is 5.91 Å². The SMILES string of the molecule is CC(C)(C(=O)NCCc1ccccn1)C(N)=NO. The van der Waals surface area contributed by atoms with Crippen LogP contribution in [0.5, 0.6) is 0 Å². The smallest absolute Gasteiger partial charge is 0.233 e. The van der Waals surface area contributed by atoms with Crippen molar-refractivity contribution in [2.24, 2.45) is 16.3 Å². The number of carbonyl (C=O) groups is 1. The molecule has 0 radical (unpaired) electrons. The topological polar surface area (TPSA) is 101 Å². The Bertz CT molecular complexity index is 429. The minimum Gasteiger partial charge on any atom is -0.409 e. The van der Waals surface area contributed by atoms with Gasteiger partial charge in [0.05, 0.1) is 0 Å². The highest BCUT2D eigenvalue weighted by Gasteiger charge is 2.32. The maximum Gasteiger partial charge on any atom is 0.233 e. The van der Waals surface area contributed by atoms with Gasteiger partial charge < -0.3 is 16.3 Å². The fourth-order valence-corrected chi connectivity index (χ4v) is 1.31. The average molecular weight is 250 g/mol. The number of nitrogens with two attached hydrogens (primary N) is 1. The number of oxime groups is 1. The molecule has 0 fully saturated rings. The lowest BCUT2D eigenvalue weighted by molar-refractivity contribution is -0.126. The van der Waals surface area contributed by atoms with E-state index in [0.717, 1.165) is 5.69 Å². The summed E-state index contributed by atoms with van der Waals surface area (Å²) in [5, 5.41) is 14.2. The van der Waals surface area contributed by atoms with Crippen LogP contribution < -0.4 is 11.1 Å². The van der Waals surface area contributed by atoms with E-state index >= 15 is 0 Å². The fraction of sp³-hybridized carbons (Fsp3) is 0.417. The van der Waals surface area contributed by atoms with E-state index in [1.165, 1.54) is 0 Å². The van der Waals surface area contributed by atoms with E-state index in [2.05, 4.69) is 15.5 Å². The Labute approximate surface area is 106 Å². The second-order valence-electron chi connectivity index (χ2n) is 4.44. The zero-order valence-electron chi connectivity index (χ0n) is 10.6. The van der Waals surface area contributed by atoms with E-state index in [-0.39, 0.29) is 11.7 Å².